The Hall–Kier alpha value is -2.70. The van der Waals surface area contributed by atoms with Gasteiger partial charge in [0.1, 0.15) is 6.54 Å². The average Bonchev–Trinajstić information content (AvgIpc) is 2.80. The highest BCUT2D eigenvalue weighted by Crippen LogP contribution is 2.23. The molecule has 1 saturated heterocycles. The lowest BCUT2D eigenvalue weighted by Gasteiger charge is -2.31. The Bertz CT molecular complexity index is 657. The highest BCUT2D eigenvalue weighted by molar-refractivity contribution is 6.22. The van der Waals surface area contributed by atoms with Crippen LogP contribution in [0.4, 0.5) is 0 Å². The zero-order valence-corrected chi connectivity index (χ0v) is 12.5. The topological polar surface area (TPSA) is 101 Å². The highest BCUT2D eigenvalue weighted by atomic mass is 16.2. The van der Waals surface area contributed by atoms with Gasteiger partial charge in [0, 0.05) is 19.0 Å². The first-order chi connectivity index (χ1) is 11.0. The van der Waals surface area contributed by atoms with E-state index in [1.807, 2.05) is 0 Å². The molecule has 0 saturated carbocycles. The van der Waals surface area contributed by atoms with Gasteiger partial charge in [-0.2, -0.15) is 0 Å². The van der Waals surface area contributed by atoms with Crippen molar-refractivity contribution >= 4 is 23.6 Å². The number of primary amides is 1. The van der Waals surface area contributed by atoms with Gasteiger partial charge in [-0.15, -0.1) is 0 Å². The third-order valence-corrected chi connectivity index (χ3v) is 4.42. The Morgan fingerprint density at radius 1 is 1.04 bits per heavy atom. The number of carbonyl (C=O) groups excluding carboxylic acids is 4. The van der Waals surface area contributed by atoms with Crippen LogP contribution in [0, 0.1) is 5.92 Å². The minimum absolute atomic E-state index is 0.210. The van der Waals surface area contributed by atoms with Gasteiger partial charge in [0.15, 0.2) is 0 Å². The predicted octanol–water partition coefficient (Wildman–Crippen LogP) is 0.00650. The fourth-order valence-electron chi connectivity index (χ4n) is 3.03. The lowest BCUT2D eigenvalue weighted by Crippen LogP contribution is -2.47. The summed E-state index contributed by atoms with van der Waals surface area (Å²) in [6.45, 7) is 0.554. The maximum absolute atomic E-state index is 12.3. The number of nitrogens with zero attached hydrogens (tertiary/aromatic N) is 2. The van der Waals surface area contributed by atoms with Gasteiger partial charge in [-0.1, -0.05) is 12.1 Å². The molecule has 2 aliphatic rings. The standard InChI is InChI=1S/C16H17N3O4/c17-14(21)10-5-7-18(8-6-10)13(20)9-19-15(22)11-3-1-2-4-12(11)16(19)23/h1-4,10H,5-9H2,(H2,17,21). The van der Waals surface area contributed by atoms with E-state index in [2.05, 4.69) is 0 Å². The van der Waals surface area contributed by atoms with Crippen LogP contribution in [0.1, 0.15) is 33.6 Å². The Kier molecular flexibility index (Phi) is 3.85. The lowest BCUT2D eigenvalue weighted by molar-refractivity contribution is -0.135. The van der Waals surface area contributed by atoms with Gasteiger partial charge in [0.2, 0.25) is 11.8 Å². The molecule has 7 heteroatoms. The van der Waals surface area contributed by atoms with Crippen LogP contribution in [-0.2, 0) is 9.59 Å². The van der Waals surface area contributed by atoms with Crippen molar-refractivity contribution in [1.82, 2.24) is 9.80 Å². The summed E-state index contributed by atoms with van der Waals surface area (Å²) in [5.74, 6) is -1.73. The summed E-state index contributed by atoms with van der Waals surface area (Å²) in [7, 11) is 0. The number of hydrogen-bond donors (Lipinski definition) is 1. The van der Waals surface area contributed by atoms with E-state index >= 15 is 0 Å². The zero-order chi connectivity index (χ0) is 16.6. The normalized spacial score (nSPS) is 18.3. The van der Waals surface area contributed by atoms with E-state index in [0.29, 0.717) is 37.1 Å². The van der Waals surface area contributed by atoms with Crippen LogP contribution in [0.3, 0.4) is 0 Å². The maximum Gasteiger partial charge on any atom is 0.262 e. The molecule has 7 nitrogen and oxygen atoms in total. The van der Waals surface area contributed by atoms with Crippen molar-refractivity contribution in [2.45, 2.75) is 12.8 Å². The molecule has 1 aromatic carbocycles. The highest BCUT2D eigenvalue weighted by Gasteiger charge is 2.37. The fraction of sp³-hybridized carbons (Fsp3) is 0.375. The minimum atomic E-state index is -0.439. The Balaban J connectivity index is 1.65. The molecule has 120 valence electrons. The number of benzene rings is 1. The SMILES string of the molecule is NC(=O)C1CCN(C(=O)CN2C(=O)c3ccccc3C2=O)CC1. The van der Waals surface area contributed by atoms with Crippen molar-refractivity contribution < 1.29 is 19.2 Å². The number of piperidine rings is 1. The minimum Gasteiger partial charge on any atom is -0.369 e. The number of fused-ring (bicyclic) bond motifs is 1. The lowest BCUT2D eigenvalue weighted by atomic mass is 9.96. The number of hydrogen-bond acceptors (Lipinski definition) is 4. The molecule has 0 radical (unpaired) electrons. The first-order valence-corrected chi connectivity index (χ1v) is 7.51. The van der Waals surface area contributed by atoms with Crippen LogP contribution in [-0.4, -0.2) is 53.1 Å². The zero-order valence-electron chi connectivity index (χ0n) is 12.5. The van der Waals surface area contributed by atoms with Crippen molar-refractivity contribution in [3.05, 3.63) is 35.4 Å². The van der Waals surface area contributed by atoms with Gasteiger partial charge in [0.05, 0.1) is 11.1 Å². The second-order valence-electron chi connectivity index (χ2n) is 5.80. The first-order valence-electron chi connectivity index (χ1n) is 7.51. The molecule has 2 heterocycles. The number of nitrogens with two attached hydrogens (primary N) is 1. The fourth-order valence-corrected chi connectivity index (χ4v) is 3.03. The van der Waals surface area contributed by atoms with Crippen molar-refractivity contribution in [3.63, 3.8) is 0 Å². The third-order valence-electron chi connectivity index (χ3n) is 4.42. The van der Waals surface area contributed by atoms with Gasteiger partial charge in [0.25, 0.3) is 11.8 Å². The largest absolute Gasteiger partial charge is 0.369 e. The molecule has 3 rings (SSSR count). The molecule has 0 atom stereocenters. The first kappa shape index (κ1) is 15.2. The van der Waals surface area contributed by atoms with Gasteiger partial charge in [-0.05, 0) is 25.0 Å². The van der Waals surface area contributed by atoms with Crippen molar-refractivity contribution in [1.29, 1.82) is 0 Å². The van der Waals surface area contributed by atoms with E-state index < -0.39 is 11.8 Å². The van der Waals surface area contributed by atoms with Crippen molar-refractivity contribution in [3.8, 4) is 0 Å². The van der Waals surface area contributed by atoms with E-state index in [4.69, 9.17) is 5.73 Å². The smallest absolute Gasteiger partial charge is 0.262 e. The molecule has 1 aromatic rings. The molecule has 2 aliphatic heterocycles. The Labute approximate surface area is 133 Å². The number of imide groups is 1. The molecule has 23 heavy (non-hydrogen) atoms. The van der Waals surface area contributed by atoms with Gasteiger partial charge < -0.3 is 10.6 Å². The van der Waals surface area contributed by atoms with Crippen LogP contribution in [0.15, 0.2) is 24.3 Å². The summed E-state index contributed by atoms with van der Waals surface area (Å²) < 4.78 is 0. The molecule has 1 fully saturated rings. The summed E-state index contributed by atoms with van der Waals surface area (Å²) in [4.78, 5) is 50.5. The van der Waals surface area contributed by atoms with Gasteiger partial charge in [-0.3, -0.25) is 24.1 Å². The van der Waals surface area contributed by atoms with E-state index in [1.54, 1.807) is 29.2 Å². The van der Waals surface area contributed by atoms with Crippen LogP contribution in [0.5, 0.6) is 0 Å². The third kappa shape index (κ3) is 2.69. The number of carbonyl (C=O) groups is 4. The van der Waals surface area contributed by atoms with E-state index in [-0.39, 0.29) is 24.3 Å². The quantitative estimate of drug-likeness (QED) is 0.794. The van der Waals surface area contributed by atoms with Crippen LogP contribution < -0.4 is 5.73 Å². The maximum atomic E-state index is 12.3. The molecule has 0 spiro atoms. The Morgan fingerprint density at radius 2 is 1.57 bits per heavy atom. The van der Waals surface area contributed by atoms with E-state index in [0.717, 1.165) is 4.90 Å². The second-order valence-corrected chi connectivity index (χ2v) is 5.80. The average molecular weight is 315 g/mol. The summed E-state index contributed by atoms with van der Waals surface area (Å²) in [6, 6.07) is 6.53. The number of amides is 4. The summed E-state index contributed by atoms with van der Waals surface area (Å²) in [6.07, 6.45) is 1.03. The molecule has 0 aromatic heterocycles. The molecular formula is C16H17N3O4. The molecule has 0 aliphatic carbocycles. The second kappa shape index (κ2) is 5.83. The van der Waals surface area contributed by atoms with Crippen LogP contribution in [0.2, 0.25) is 0 Å². The summed E-state index contributed by atoms with van der Waals surface area (Å²) in [5.41, 5.74) is 5.93. The molecular weight excluding hydrogens is 298 g/mol. The van der Waals surface area contributed by atoms with E-state index in [1.165, 1.54) is 0 Å². The van der Waals surface area contributed by atoms with E-state index in [9.17, 15) is 19.2 Å². The number of likely N-dealkylation sites (tertiary alicyclic amines) is 1. The van der Waals surface area contributed by atoms with Crippen molar-refractivity contribution in [2.75, 3.05) is 19.6 Å². The van der Waals surface area contributed by atoms with Crippen LogP contribution in [0.25, 0.3) is 0 Å². The monoisotopic (exact) mass is 315 g/mol. The summed E-state index contributed by atoms with van der Waals surface area (Å²) >= 11 is 0. The van der Waals surface area contributed by atoms with Gasteiger partial charge >= 0.3 is 0 Å². The van der Waals surface area contributed by atoms with Gasteiger partial charge in [-0.25, -0.2) is 0 Å². The number of rotatable bonds is 3. The molecule has 2 N–H and O–H groups in total. The molecule has 4 amide bonds. The summed E-state index contributed by atoms with van der Waals surface area (Å²) in [5, 5.41) is 0. The van der Waals surface area contributed by atoms with Crippen molar-refractivity contribution in [2.24, 2.45) is 11.7 Å². The molecule has 0 bridgehead atoms. The predicted molar refractivity (Wildman–Crippen MR) is 80.3 cm³/mol. The van der Waals surface area contributed by atoms with Crippen LogP contribution >= 0.6 is 0 Å². The molecule has 0 unspecified atom stereocenters. The Morgan fingerprint density at radius 3 is 2.04 bits per heavy atom.